The number of rotatable bonds is 3. The van der Waals surface area contributed by atoms with Gasteiger partial charge in [-0.15, -0.1) is 0 Å². The van der Waals surface area contributed by atoms with Crippen LogP contribution in [0.3, 0.4) is 0 Å². The number of hydrogen-bond donors (Lipinski definition) is 1. The Bertz CT molecular complexity index is 113. The van der Waals surface area contributed by atoms with Crippen LogP contribution in [0.5, 0.6) is 0 Å². The molecule has 2 nitrogen and oxygen atoms in total. The molecule has 1 unspecified atom stereocenters. The van der Waals surface area contributed by atoms with Gasteiger partial charge in [0.15, 0.2) is 0 Å². The van der Waals surface area contributed by atoms with Crippen LogP contribution in [0.25, 0.3) is 0 Å². The van der Waals surface area contributed by atoms with Crippen molar-refractivity contribution in [2.24, 2.45) is 5.92 Å². The fourth-order valence-corrected chi connectivity index (χ4v) is 0.607. The predicted molar refractivity (Wildman–Crippen MR) is 57.6 cm³/mol. The predicted octanol–water partition coefficient (Wildman–Crippen LogP) is 2.57. The molecule has 0 saturated heterocycles. The van der Waals surface area contributed by atoms with Gasteiger partial charge in [-0.2, -0.15) is 0 Å². The molecule has 0 heterocycles. The Balaban J connectivity index is 0. The van der Waals surface area contributed by atoms with Crippen molar-refractivity contribution in [3.63, 3.8) is 0 Å². The maximum atomic E-state index is 10.9. The largest absolute Gasteiger partial charge is 0.355 e. The van der Waals surface area contributed by atoms with E-state index in [1.54, 1.807) is 0 Å². The lowest BCUT2D eigenvalue weighted by molar-refractivity contribution is -0.120. The lowest BCUT2D eigenvalue weighted by Crippen LogP contribution is -2.32. The highest BCUT2D eigenvalue weighted by Gasteiger charge is 2.07. The van der Waals surface area contributed by atoms with Gasteiger partial charge >= 0.3 is 0 Å². The van der Waals surface area contributed by atoms with Crippen LogP contribution in [-0.2, 0) is 4.79 Å². The summed E-state index contributed by atoms with van der Waals surface area (Å²) in [5.41, 5.74) is 0. The number of hydrogen-bond acceptors (Lipinski definition) is 1. The Morgan fingerprint density at radius 1 is 1.33 bits per heavy atom. The number of carbonyl (C=O) groups excluding carboxylic acids is 1. The van der Waals surface area contributed by atoms with Crippen LogP contribution in [0.4, 0.5) is 0 Å². The van der Waals surface area contributed by atoms with Gasteiger partial charge in [-0.25, -0.2) is 0 Å². The summed E-state index contributed by atoms with van der Waals surface area (Å²) in [6.45, 7) is 10.7. The molecule has 0 spiro atoms. The van der Waals surface area contributed by atoms with Crippen LogP contribution >= 0.6 is 15.9 Å². The normalized spacial score (nSPS) is 11.6. The van der Waals surface area contributed by atoms with Crippen molar-refractivity contribution < 1.29 is 4.79 Å². The van der Waals surface area contributed by atoms with E-state index >= 15 is 0 Å². The Hall–Kier alpha value is -0.0500. The molecular weight excluding hydrogens is 218 g/mol. The van der Waals surface area contributed by atoms with Gasteiger partial charge in [-0.1, -0.05) is 43.6 Å². The van der Waals surface area contributed by atoms with E-state index in [2.05, 4.69) is 35.1 Å². The van der Waals surface area contributed by atoms with Crippen LogP contribution < -0.4 is 5.32 Å². The van der Waals surface area contributed by atoms with E-state index in [9.17, 15) is 4.79 Å². The van der Waals surface area contributed by atoms with Crippen molar-refractivity contribution in [3.05, 3.63) is 0 Å². The standard InChI is InChI=1S/C7H14BrNO.C2H6/c1-5(2)4-9-7(10)6(3)8;1-2/h5-6H,4H2,1-3H3,(H,9,10);1-2H3. The molecule has 1 amide bonds. The number of amides is 1. The van der Waals surface area contributed by atoms with Gasteiger partial charge in [0.2, 0.25) is 5.91 Å². The van der Waals surface area contributed by atoms with E-state index in [0.29, 0.717) is 5.92 Å². The van der Waals surface area contributed by atoms with Gasteiger partial charge in [-0.05, 0) is 12.8 Å². The third-order valence-electron chi connectivity index (χ3n) is 1.05. The average Bonchev–Trinajstić information content (AvgIpc) is 2.03. The van der Waals surface area contributed by atoms with Crippen LogP contribution in [-0.4, -0.2) is 17.3 Å². The van der Waals surface area contributed by atoms with E-state index in [4.69, 9.17) is 0 Å². The third-order valence-corrected chi connectivity index (χ3v) is 1.46. The topological polar surface area (TPSA) is 29.1 Å². The number of alkyl halides is 1. The highest BCUT2D eigenvalue weighted by atomic mass is 79.9. The highest BCUT2D eigenvalue weighted by molar-refractivity contribution is 9.10. The summed E-state index contributed by atoms with van der Waals surface area (Å²) in [7, 11) is 0. The first-order valence-corrected chi connectivity index (χ1v) is 5.37. The molecule has 0 aromatic carbocycles. The molecule has 0 aliphatic heterocycles. The molecule has 0 saturated carbocycles. The molecule has 0 radical (unpaired) electrons. The van der Waals surface area contributed by atoms with Crippen molar-refractivity contribution in [1.82, 2.24) is 5.32 Å². The minimum atomic E-state index is -0.0775. The molecule has 74 valence electrons. The zero-order valence-electron chi connectivity index (χ0n) is 8.65. The van der Waals surface area contributed by atoms with E-state index in [1.807, 2.05) is 20.8 Å². The Labute approximate surface area is 84.2 Å². The van der Waals surface area contributed by atoms with E-state index in [0.717, 1.165) is 6.54 Å². The Morgan fingerprint density at radius 3 is 2.00 bits per heavy atom. The molecule has 0 rings (SSSR count). The molecule has 1 atom stereocenters. The van der Waals surface area contributed by atoms with E-state index in [-0.39, 0.29) is 10.7 Å². The zero-order chi connectivity index (χ0) is 10.1. The molecular formula is C9H20BrNO. The summed E-state index contributed by atoms with van der Waals surface area (Å²) in [6, 6.07) is 0. The summed E-state index contributed by atoms with van der Waals surface area (Å²) < 4.78 is 0. The highest BCUT2D eigenvalue weighted by Crippen LogP contribution is 1.96. The number of halogens is 1. The molecule has 12 heavy (non-hydrogen) atoms. The lowest BCUT2D eigenvalue weighted by Gasteiger charge is -2.07. The third kappa shape index (κ3) is 9.95. The van der Waals surface area contributed by atoms with Crippen molar-refractivity contribution in [1.29, 1.82) is 0 Å². The second-order valence-corrected chi connectivity index (χ2v) is 4.13. The smallest absolute Gasteiger partial charge is 0.233 e. The van der Waals surface area contributed by atoms with Gasteiger partial charge in [0, 0.05) is 6.54 Å². The average molecular weight is 238 g/mol. The summed E-state index contributed by atoms with van der Waals surface area (Å²) in [5, 5.41) is 2.80. The molecule has 0 aromatic rings. The summed E-state index contributed by atoms with van der Waals surface area (Å²) in [5.74, 6) is 0.587. The van der Waals surface area contributed by atoms with Gasteiger partial charge in [0.05, 0.1) is 4.83 Å². The second-order valence-electron chi connectivity index (χ2n) is 2.76. The monoisotopic (exact) mass is 237 g/mol. The molecule has 0 aromatic heterocycles. The van der Waals surface area contributed by atoms with Gasteiger partial charge in [0.1, 0.15) is 0 Å². The Morgan fingerprint density at radius 2 is 1.75 bits per heavy atom. The Kier molecular flexibility index (Phi) is 10.9. The van der Waals surface area contributed by atoms with Crippen molar-refractivity contribution in [2.75, 3.05) is 6.54 Å². The molecule has 0 fully saturated rings. The summed E-state index contributed by atoms with van der Waals surface area (Å²) in [6.07, 6.45) is 0. The van der Waals surface area contributed by atoms with Crippen LogP contribution in [0.15, 0.2) is 0 Å². The van der Waals surface area contributed by atoms with Crippen LogP contribution in [0.2, 0.25) is 0 Å². The molecule has 1 N–H and O–H groups in total. The fourth-order valence-electron chi connectivity index (χ4n) is 0.445. The van der Waals surface area contributed by atoms with E-state index in [1.165, 1.54) is 0 Å². The molecule has 0 bridgehead atoms. The molecule has 0 aliphatic carbocycles. The van der Waals surface area contributed by atoms with Gasteiger partial charge in [0.25, 0.3) is 0 Å². The first kappa shape index (κ1) is 14.5. The fraction of sp³-hybridized carbons (Fsp3) is 0.889. The summed E-state index contributed by atoms with van der Waals surface area (Å²) in [4.78, 5) is 10.8. The molecule has 0 aliphatic rings. The van der Waals surface area contributed by atoms with Crippen molar-refractivity contribution >= 4 is 21.8 Å². The van der Waals surface area contributed by atoms with Crippen molar-refractivity contribution in [2.45, 2.75) is 39.4 Å². The van der Waals surface area contributed by atoms with Crippen molar-refractivity contribution in [3.8, 4) is 0 Å². The quantitative estimate of drug-likeness (QED) is 0.752. The molecule has 3 heteroatoms. The van der Waals surface area contributed by atoms with Crippen LogP contribution in [0, 0.1) is 5.92 Å². The van der Waals surface area contributed by atoms with Crippen LogP contribution in [0.1, 0.15) is 34.6 Å². The van der Waals surface area contributed by atoms with Gasteiger partial charge in [-0.3, -0.25) is 4.79 Å². The zero-order valence-corrected chi connectivity index (χ0v) is 10.2. The number of nitrogens with one attached hydrogen (secondary N) is 1. The number of carbonyl (C=O) groups is 1. The minimum Gasteiger partial charge on any atom is -0.355 e. The summed E-state index contributed by atoms with van der Waals surface area (Å²) >= 11 is 3.18. The SMILES string of the molecule is CC.CC(C)CNC(=O)C(C)Br. The first-order valence-electron chi connectivity index (χ1n) is 4.45. The lowest BCUT2D eigenvalue weighted by atomic mass is 10.2. The second kappa shape index (κ2) is 9.04. The van der Waals surface area contributed by atoms with Gasteiger partial charge < -0.3 is 5.32 Å². The first-order chi connectivity index (χ1) is 5.54. The van der Waals surface area contributed by atoms with E-state index < -0.39 is 0 Å². The minimum absolute atomic E-state index is 0.0636. The maximum absolute atomic E-state index is 10.9. The maximum Gasteiger partial charge on any atom is 0.233 e.